The fourth-order valence-electron chi connectivity index (χ4n) is 2.62. The van der Waals surface area contributed by atoms with Crippen molar-refractivity contribution in [1.82, 2.24) is 4.90 Å². The van der Waals surface area contributed by atoms with Crippen molar-refractivity contribution in [2.24, 2.45) is 5.92 Å². The highest BCUT2D eigenvalue weighted by atomic mass is 19.1. The van der Waals surface area contributed by atoms with Gasteiger partial charge >= 0.3 is 5.97 Å². The molecule has 0 spiro atoms. The molecule has 2 aromatic carbocycles. The first-order valence-corrected chi connectivity index (χ1v) is 8.09. The topological polar surface area (TPSA) is 46.6 Å². The van der Waals surface area contributed by atoms with Gasteiger partial charge in [0, 0.05) is 18.7 Å². The molecule has 0 bridgehead atoms. The second-order valence-corrected chi connectivity index (χ2v) is 6.05. The summed E-state index contributed by atoms with van der Waals surface area (Å²) in [6.07, 6.45) is 0. The Labute approximate surface area is 147 Å². The summed E-state index contributed by atoms with van der Waals surface area (Å²) < 4.78 is 17.9. The summed E-state index contributed by atoms with van der Waals surface area (Å²) in [5.41, 5.74) is 2.24. The molecular weight excluding hydrogens is 321 g/mol. The van der Waals surface area contributed by atoms with E-state index in [1.54, 1.807) is 36.1 Å². The average molecular weight is 343 g/mol. The number of amides is 1. The molecule has 0 aromatic heterocycles. The second-order valence-electron chi connectivity index (χ2n) is 6.05. The normalized spacial score (nSPS) is 11.7. The van der Waals surface area contributed by atoms with Gasteiger partial charge in [-0.3, -0.25) is 9.59 Å². The van der Waals surface area contributed by atoms with Crippen molar-refractivity contribution in [2.45, 2.75) is 20.4 Å². The van der Waals surface area contributed by atoms with Gasteiger partial charge in [0.1, 0.15) is 5.82 Å². The van der Waals surface area contributed by atoms with Gasteiger partial charge < -0.3 is 9.64 Å². The lowest BCUT2D eigenvalue weighted by Gasteiger charge is -2.26. The zero-order valence-electron chi connectivity index (χ0n) is 14.7. The van der Waals surface area contributed by atoms with Crippen LogP contribution in [0, 0.1) is 18.7 Å². The van der Waals surface area contributed by atoms with E-state index in [-0.39, 0.29) is 30.8 Å². The molecule has 4 nitrogen and oxygen atoms in total. The number of methoxy groups -OCH3 is 1. The molecule has 5 heteroatoms. The first kappa shape index (κ1) is 18.6. The number of hydrogen-bond donors (Lipinski definition) is 0. The van der Waals surface area contributed by atoms with Gasteiger partial charge in [-0.2, -0.15) is 0 Å². The van der Waals surface area contributed by atoms with Crippen LogP contribution in [0.15, 0.2) is 48.5 Å². The number of hydrogen-bond acceptors (Lipinski definition) is 3. The first-order valence-electron chi connectivity index (χ1n) is 8.09. The van der Waals surface area contributed by atoms with Crippen LogP contribution in [0.4, 0.5) is 4.39 Å². The van der Waals surface area contributed by atoms with Crippen molar-refractivity contribution in [2.75, 3.05) is 13.7 Å². The smallest absolute Gasteiger partial charge is 0.310 e. The molecule has 132 valence electrons. The molecule has 0 radical (unpaired) electrons. The molecule has 0 saturated heterocycles. The Morgan fingerprint density at radius 3 is 2.36 bits per heavy atom. The molecule has 2 aromatic rings. The zero-order valence-corrected chi connectivity index (χ0v) is 14.7. The number of halogens is 1. The summed E-state index contributed by atoms with van der Waals surface area (Å²) in [6.45, 7) is 4.09. The molecule has 0 saturated carbocycles. The fourth-order valence-corrected chi connectivity index (χ4v) is 2.62. The molecule has 1 atom stereocenters. The van der Waals surface area contributed by atoms with E-state index in [0.717, 1.165) is 11.1 Å². The number of nitrogens with zero attached hydrogens (tertiary/aromatic N) is 1. The molecule has 25 heavy (non-hydrogen) atoms. The number of carbonyl (C=O) groups is 2. The van der Waals surface area contributed by atoms with Crippen LogP contribution in [0.3, 0.4) is 0 Å². The predicted octanol–water partition coefficient (Wildman–Crippen LogP) is 3.59. The molecule has 0 fully saturated rings. The lowest BCUT2D eigenvalue weighted by Crippen LogP contribution is -2.37. The Hall–Kier alpha value is -2.69. The minimum absolute atomic E-state index is 0.168. The van der Waals surface area contributed by atoms with E-state index < -0.39 is 5.92 Å². The van der Waals surface area contributed by atoms with Crippen LogP contribution in [-0.2, 0) is 16.1 Å². The van der Waals surface area contributed by atoms with Gasteiger partial charge in [0.25, 0.3) is 5.91 Å². The van der Waals surface area contributed by atoms with Crippen LogP contribution in [-0.4, -0.2) is 30.4 Å². The number of aryl methyl sites for hydroxylation is 1. The van der Waals surface area contributed by atoms with Crippen molar-refractivity contribution in [3.05, 3.63) is 71.0 Å². The Balaban J connectivity index is 2.27. The maximum absolute atomic E-state index is 13.1. The summed E-state index contributed by atoms with van der Waals surface area (Å²) in [7, 11) is 1.33. The number of esters is 1. The largest absolute Gasteiger partial charge is 0.469 e. The summed E-state index contributed by atoms with van der Waals surface area (Å²) in [5.74, 6) is -1.33. The number of ether oxygens (including phenoxy) is 1. The second kappa shape index (κ2) is 8.42. The highest BCUT2D eigenvalue weighted by Gasteiger charge is 2.23. The van der Waals surface area contributed by atoms with Crippen molar-refractivity contribution in [3.63, 3.8) is 0 Å². The Morgan fingerprint density at radius 2 is 1.76 bits per heavy atom. The molecule has 0 aliphatic carbocycles. The van der Waals surface area contributed by atoms with Crippen LogP contribution in [0.2, 0.25) is 0 Å². The Morgan fingerprint density at radius 1 is 1.12 bits per heavy atom. The van der Waals surface area contributed by atoms with Gasteiger partial charge in [-0.25, -0.2) is 4.39 Å². The average Bonchev–Trinajstić information content (AvgIpc) is 2.62. The van der Waals surface area contributed by atoms with Gasteiger partial charge in [-0.1, -0.05) is 37.3 Å². The number of rotatable bonds is 6. The van der Waals surface area contributed by atoms with Gasteiger partial charge in [-0.15, -0.1) is 0 Å². The summed E-state index contributed by atoms with van der Waals surface area (Å²) >= 11 is 0. The van der Waals surface area contributed by atoms with E-state index in [0.29, 0.717) is 5.56 Å². The maximum atomic E-state index is 13.1. The SMILES string of the molecule is COC(=O)C(C)CN(Cc1ccc(F)cc1)C(=O)c1ccccc1C. The first-order chi connectivity index (χ1) is 11.9. The minimum Gasteiger partial charge on any atom is -0.469 e. The van der Waals surface area contributed by atoms with Gasteiger partial charge in [-0.05, 0) is 36.2 Å². The molecule has 0 aliphatic rings. The third-order valence-electron chi connectivity index (χ3n) is 4.05. The van der Waals surface area contributed by atoms with E-state index in [4.69, 9.17) is 4.74 Å². The zero-order chi connectivity index (χ0) is 18.4. The van der Waals surface area contributed by atoms with Crippen molar-refractivity contribution < 1.29 is 18.7 Å². The van der Waals surface area contributed by atoms with Crippen LogP contribution in [0.25, 0.3) is 0 Å². The van der Waals surface area contributed by atoms with Crippen LogP contribution >= 0.6 is 0 Å². The van der Waals surface area contributed by atoms with Crippen LogP contribution < -0.4 is 0 Å². The quantitative estimate of drug-likeness (QED) is 0.753. The van der Waals surface area contributed by atoms with E-state index in [1.165, 1.54) is 19.2 Å². The molecule has 0 N–H and O–H groups in total. The third kappa shape index (κ3) is 4.89. The van der Waals surface area contributed by atoms with E-state index in [9.17, 15) is 14.0 Å². The van der Waals surface area contributed by atoms with E-state index in [2.05, 4.69) is 0 Å². The van der Waals surface area contributed by atoms with Gasteiger partial charge in [0.2, 0.25) is 0 Å². The van der Waals surface area contributed by atoms with Crippen LogP contribution in [0.5, 0.6) is 0 Å². The molecule has 1 unspecified atom stereocenters. The van der Waals surface area contributed by atoms with Crippen LogP contribution in [0.1, 0.15) is 28.4 Å². The minimum atomic E-state index is -0.460. The predicted molar refractivity (Wildman–Crippen MR) is 93.5 cm³/mol. The Kier molecular flexibility index (Phi) is 6.28. The fraction of sp³-hybridized carbons (Fsp3) is 0.300. The highest BCUT2D eigenvalue weighted by molar-refractivity contribution is 5.95. The molecule has 0 heterocycles. The monoisotopic (exact) mass is 343 g/mol. The number of carbonyl (C=O) groups excluding carboxylic acids is 2. The molecule has 1 amide bonds. The summed E-state index contributed by atoms with van der Waals surface area (Å²) in [4.78, 5) is 26.3. The summed E-state index contributed by atoms with van der Waals surface area (Å²) in [6, 6.07) is 13.3. The van der Waals surface area contributed by atoms with E-state index >= 15 is 0 Å². The van der Waals surface area contributed by atoms with Gasteiger partial charge in [0.05, 0.1) is 13.0 Å². The highest BCUT2D eigenvalue weighted by Crippen LogP contribution is 2.16. The van der Waals surface area contributed by atoms with Crippen molar-refractivity contribution in [1.29, 1.82) is 0 Å². The van der Waals surface area contributed by atoms with Gasteiger partial charge in [0.15, 0.2) is 0 Å². The van der Waals surface area contributed by atoms with Crippen molar-refractivity contribution in [3.8, 4) is 0 Å². The summed E-state index contributed by atoms with van der Waals surface area (Å²) in [5, 5.41) is 0. The lowest BCUT2D eigenvalue weighted by atomic mass is 10.1. The lowest BCUT2D eigenvalue weighted by molar-refractivity contribution is -0.145. The Bertz CT molecular complexity index is 743. The number of benzene rings is 2. The van der Waals surface area contributed by atoms with E-state index in [1.807, 2.05) is 19.1 Å². The third-order valence-corrected chi connectivity index (χ3v) is 4.05. The standard InChI is InChI=1S/C20H22FNO3/c1-14-6-4-5-7-18(14)19(23)22(12-15(2)20(24)25-3)13-16-8-10-17(21)11-9-16/h4-11,15H,12-13H2,1-3H3. The molecular formula is C20H22FNO3. The molecule has 2 rings (SSSR count). The molecule has 0 aliphatic heterocycles. The van der Waals surface area contributed by atoms with Crippen molar-refractivity contribution >= 4 is 11.9 Å². The maximum Gasteiger partial charge on any atom is 0.310 e.